The van der Waals surface area contributed by atoms with Crippen molar-refractivity contribution in [3.05, 3.63) is 30.6 Å². The molecule has 1 rings (SSSR count). The Kier molecular flexibility index (Phi) is 115. The maximum atomic E-state index is 5.50. The van der Waals surface area contributed by atoms with Gasteiger partial charge in [0.1, 0.15) is 0 Å². The Labute approximate surface area is 84.9 Å². The molecule has 0 fully saturated rings. The Morgan fingerprint density at radius 3 is 0.929 bits per heavy atom. The van der Waals surface area contributed by atoms with E-state index in [2.05, 4.69) is 31.9 Å². The van der Waals surface area contributed by atoms with Gasteiger partial charge in [-0.2, -0.15) is 0 Å². The Hall–Kier alpha value is -2.17. The van der Waals surface area contributed by atoms with Crippen molar-refractivity contribution in [1.82, 2.24) is 4.98 Å². The van der Waals surface area contributed by atoms with E-state index in [0.29, 0.717) is 0 Å². The van der Waals surface area contributed by atoms with Crippen LogP contribution in [0.2, 0.25) is 0 Å². The van der Waals surface area contributed by atoms with E-state index in [1.807, 2.05) is 18.2 Å². The first-order valence-corrected chi connectivity index (χ1v) is 3.26. The van der Waals surface area contributed by atoms with E-state index < -0.39 is 0 Å². The maximum Gasteiger partial charge on any atom is 0.0267 e. The second-order valence-electron chi connectivity index (χ2n) is 1.02. The Balaban J connectivity index is -0.0000000542. The quantitative estimate of drug-likeness (QED) is 0.467. The van der Waals surface area contributed by atoms with Crippen LogP contribution in [0.4, 0.5) is 0 Å². The highest BCUT2D eigenvalue weighted by Crippen LogP contribution is 1.73. The molecule has 0 saturated carbocycles. The van der Waals surface area contributed by atoms with Gasteiger partial charge in [-0.3, -0.25) is 4.98 Å². The predicted molar refractivity (Wildman–Crippen MR) is 63.6 cm³/mol. The van der Waals surface area contributed by atoms with Crippen LogP contribution >= 0.6 is 0 Å². The van der Waals surface area contributed by atoms with Crippen molar-refractivity contribution in [3.8, 4) is 0 Å². The van der Waals surface area contributed by atoms with Crippen LogP contribution in [-0.4, -0.2) is 31.9 Å². The average molecular weight is 195 g/mol. The number of hydrogen-bond donors (Lipinski definition) is 4. The molecule has 78 valence electrons. The summed E-state index contributed by atoms with van der Waals surface area (Å²) in [4.78, 5) is 3.78. The second kappa shape index (κ2) is 71.3. The predicted octanol–water partition coefficient (Wildman–Crippen LogP) is 2.14. The van der Waals surface area contributed by atoms with E-state index in [-0.39, 0.29) is 0 Å². The number of nitrogens with zero attached hydrogens (tertiary/aromatic N) is 1. The van der Waals surface area contributed by atoms with Crippen LogP contribution in [0.1, 0.15) is 0 Å². The molecule has 0 radical (unpaired) electrons. The monoisotopic (exact) mass is 195 g/mol. The van der Waals surface area contributed by atoms with E-state index in [9.17, 15) is 0 Å². The summed E-state index contributed by atoms with van der Waals surface area (Å²) in [6.45, 7) is 10.0. The number of aromatic nitrogens is 1. The van der Waals surface area contributed by atoms with Gasteiger partial charge in [0.25, 0.3) is 0 Å². The van der Waals surface area contributed by atoms with Crippen LogP contribution in [0.5, 0.6) is 0 Å². The third kappa shape index (κ3) is 52.2. The van der Waals surface area contributed by atoms with Crippen LogP contribution in [0.15, 0.2) is 30.6 Å². The van der Waals surface area contributed by atoms with Crippen LogP contribution in [-0.2, 0) is 0 Å². The first-order chi connectivity index (χ1) is 7.00. The Bertz CT molecular complexity index is 122. The smallest absolute Gasteiger partial charge is 0.0267 e. The summed E-state index contributed by atoms with van der Waals surface area (Å²) in [7, 11) is 0. The van der Waals surface area contributed by atoms with Gasteiger partial charge in [-0.05, 0) is 39.0 Å². The second-order valence-corrected chi connectivity index (χ2v) is 1.02. The third-order valence-corrected chi connectivity index (χ3v) is 0.566. The number of hydrogen-bond acceptors (Lipinski definition) is 5. The van der Waals surface area contributed by atoms with Crippen LogP contribution < -0.4 is 0 Å². The summed E-state index contributed by atoms with van der Waals surface area (Å²) in [5.41, 5.74) is 0. The lowest BCUT2D eigenvalue weighted by atomic mass is 10.5. The number of nitrogens with one attached hydrogen (secondary N) is 4. The van der Waals surface area contributed by atoms with Crippen LogP contribution in [0.25, 0.3) is 0 Å². The molecule has 1 aromatic rings. The lowest BCUT2D eigenvalue weighted by molar-refractivity contribution is 1.33. The zero-order valence-corrected chi connectivity index (χ0v) is 8.16. The molecule has 0 aliphatic heterocycles. The van der Waals surface area contributed by atoms with Gasteiger partial charge in [-0.25, -0.2) is 0 Å². The van der Waals surface area contributed by atoms with Crippen LogP contribution in [0, 0.1) is 21.6 Å². The maximum absolute atomic E-state index is 5.50. The fourth-order valence-corrected chi connectivity index (χ4v) is 0.313. The molecule has 0 aromatic carbocycles. The fraction of sp³-hybridized carbons (Fsp3) is 0. The standard InChI is InChI=1S/C5H5N.4CH3N/c1-2-4-6-5-3-1;4*1-2/h1-5H;4*2H,1H2. The molecule has 0 aliphatic carbocycles. The zero-order chi connectivity index (χ0) is 12.2. The van der Waals surface area contributed by atoms with Crippen molar-refractivity contribution in [2.45, 2.75) is 0 Å². The van der Waals surface area contributed by atoms with Gasteiger partial charge >= 0.3 is 0 Å². The molecule has 0 bridgehead atoms. The molecule has 0 spiro atoms. The van der Waals surface area contributed by atoms with Gasteiger partial charge < -0.3 is 21.6 Å². The minimum Gasteiger partial charge on any atom is -0.317 e. The normalized spacial score (nSPS) is 4.57. The van der Waals surface area contributed by atoms with E-state index in [1.165, 1.54) is 0 Å². The minimum absolute atomic E-state index is 1.75. The minimum atomic E-state index is 1.75. The lowest BCUT2D eigenvalue weighted by Crippen LogP contribution is -1.58. The van der Waals surface area contributed by atoms with Crippen molar-refractivity contribution in [3.63, 3.8) is 0 Å². The van der Waals surface area contributed by atoms with Gasteiger partial charge in [0.05, 0.1) is 0 Å². The van der Waals surface area contributed by atoms with Crippen molar-refractivity contribution >= 4 is 26.9 Å². The van der Waals surface area contributed by atoms with E-state index in [0.717, 1.165) is 0 Å². The lowest BCUT2D eigenvalue weighted by Gasteiger charge is -1.70. The summed E-state index contributed by atoms with van der Waals surface area (Å²) in [6.07, 6.45) is 3.50. The van der Waals surface area contributed by atoms with Crippen molar-refractivity contribution in [1.29, 1.82) is 21.6 Å². The number of rotatable bonds is 0. The molecule has 5 nitrogen and oxygen atoms in total. The summed E-state index contributed by atoms with van der Waals surface area (Å²) in [5.74, 6) is 0. The molecule has 0 atom stereocenters. The molecule has 0 aliphatic rings. The highest BCUT2D eigenvalue weighted by molar-refractivity contribution is 5.16. The van der Waals surface area contributed by atoms with Gasteiger partial charge in [-0.1, -0.05) is 6.07 Å². The first kappa shape index (κ1) is 22.6. The highest BCUT2D eigenvalue weighted by Gasteiger charge is 1.58. The van der Waals surface area contributed by atoms with Crippen LogP contribution in [0.3, 0.4) is 0 Å². The number of pyridine rings is 1. The van der Waals surface area contributed by atoms with Gasteiger partial charge in [0, 0.05) is 12.4 Å². The summed E-state index contributed by atoms with van der Waals surface area (Å²) < 4.78 is 0. The van der Waals surface area contributed by atoms with E-state index in [4.69, 9.17) is 21.6 Å². The molecule has 1 aromatic heterocycles. The highest BCUT2D eigenvalue weighted by atomic mass is 14.6. The largest absolute Gasteiger partial charge is 0.317 e. The molecular formula is C9H17N5. The SMILES string of the molecule is C=N.C=N.C=N.C=N.c1ccncc1. The Morgan fingerprint density at radius 1 is 0.571 bits per heavy atom. The molecule has 1 heterocycles. The molecule has 0 unspecified atom stereocenters. The molecular weight excluding hydrogens is 178 g/mol. The summed E-state index contributed by atoms with van der Waals surface area (Å²) >= 11 is 0. The van der Waals surface area contributed by atoms with Gasteiger partial charge in [-0.15, -0.1) is 0 Å². The van der Waals surface area contributed by atoms with E-state index >= 15 is 0 Å². The molecule has 0 amide bonds. The van der Waals surface area contributed by atoms with Gasteiger partial charge in [0.2, 0.25) is 0 Å². The molecule has 0 saturated heterocycles. The van der Waals surface area contributed by atoms with Crippen molar-refractivity contribution in [2.24, 2.45) is 0 Å². The van der Waals surface area contributed by atoms with Crippen molar-refractivity contribution < 1.29 is 0 Å². The van der Waals surface area contributed by atoms with Crippen molar-refractivity contribution in [2.75, 3.05) is 0 Å². The summed E-state index contributed by atoms with van der Waals surface area (Å²) in [5, 5.41) is 22.0. The zero-order valence-electron chi connectivity index (χ0n) is 8.16. The van der Waals surface area contributed by atoms with Gasteiger partial charge in [0.15, 0.2) is 0 Å². The third-order valence-electron chi connectivity index (χ3n) is 0.566. The molecule has 4 N–H and O–H groups in total. The topological polar surface area (TPSA) is 108 Å². The average Bonchev–Trinajstić information content (AvgIpc) is 2.41. The molecule has 14 heavy (non-hydrogen) atoms. The van der Waals surface area contributed by atoms with E-state index in [1.54, 1.807) is 12.4 Å². The Morgan fingerprint density at radius 2 is 0.857 bits per heavy atom. The summed E-state index contributed by atoms with van der Waals surface area (Å²) in [6, 6.07) is 5.72. The first-order valence-electron chi connectivity index (χ1n) is 3.26. The molecule has 5 heteroatoms. The fourth-order valence-electron chi connectivity index (χ4n) is 0.313.